The number of guanidine groups is 1. The standard InChI is InChI=1S/C26H33N7O7/c1-13(22-23(37)18-4-2-3-5-19(18)33-22)31-20(25(39)40)11-27-21(36)12-28-24(38)14-6-15(8-16(34)7-14)32-26-29-9-17(35)10-30-26/h2-8,13,17,20,23-24,28,31,34-35,37-38H,9-12H2,1H3,(H,27,36)(H,39,40)(H2,29,30,32). The average molecular weight is 556 g/mol. The van der Waals surface area contributed by atoms with Crippen molar-refractivity contribution >= 4 is 34.9 Å². The number of aliphatic imine (C=N–C) groups is 2. The zero-order valence-electron chi connectivity index (χ0n) is 21.7. The molecular weight excluding hydrogens is 522 g/mol. The minimum atomic E-state index is -1.32. The number of para-hydroxylation sites is 1. The van der Waals surface area contributed by atoms with Crippen LogP contribution in [0.5, 0.6) is 5.75 Å². The summed E-state index contributed by atoms with van der Waals surface area (Å²) in [5, 5.41) is 64.2. The largest absolute Gasteiger partial charge is 0.508 e. The highest BCUT2D eigenvalue weighted by atomic mass is 16.4. The second-order valence-corrected chi connectivity index (χ2v) is 9.53. The van der Waals surface area contributed by atoms with Gasteiger partial charge in [-0.05, 0) is 25.1 Å². The van der Waals surface area contributed by atoms with Gasteiger partial charge in [0, 0.05) is 42.0 Å². The maximum absolute atomic E-state index is 12.4. The van der Waals surface area contributed by atoms with Gasteiger partial charge in [0.15, 0.2) is 5.96 Å². The van der Waals surface area contributed by atoms with Gasteiger partial charge in [-0.1, -0.05) is 18.2 Å². The molecule has 14 heteroatoms. The first-order valence-electron chi connectivity index (χ1n) is 12.7. The lowest BCUT2D eigenvalue weighted by Crippen LogP contribution is -2.52. The number of rotatable bonds is 11. The van der Waals surface area contributed by atoms with E-state index >= 15 is 0 Å². The number of aliphatic carboxylic acids is 1. The van der Waals surface area contributed by atoms with E-state index in [0.29, 0.717) is 35.2 Å². The van der Waals surface area contributed by atoms with Gasteiger partial charge in [0.25, 0.3) is 0 Å². The molecule has 0 saturated carbocycles. The average Bonchev–Trinajstić information content (AvgIpc) is 3.27. The van der Waals surface area contributed by atoms with Crippen LogP contribution in [0.4, 0.5) is 11.4 Å². The Morgan fingerprint density at radius 2 is 1.95 bits per heavy atom. The number of phenolic OH excluding ortho intramolecular Hbond substituents is 1. The van der Waals surface area contributed by atoms with Gasteiger partial charge in [-0.3, -0.25) is 30.2 Å². The number of carboxylic acids is 1. The number of aliphatic hydroxyl groups is 3. The van der Waals surface area contributed by atoms with E-state index in [1.54, 1.807) is 37.3 Å². The highest BCUT2D eigenvalue weighted by Gasteiger charge is 2.31. The molecular formula is C26H33N7O7. The van der Waals surface area contributed by atoms with Gasteiger partial charge >= 0.3 is 5.97 Å². The highest BCUT2D eigenvalue weighted by molar-refractivity contribution is 6.00. The van der Waals surface area contributed by atoms with Crippen molar-refractivity contribution < 1.29 is 35.1 Å². The van der Waals surface area contributed by atoms with Gasteiger partial charge in [-0.2, -0.15) is 0 Å². The molecule has 1 amide bonds. The van der Waals surface area contributed by atoms with Crippen LogP contribution in [0.1, 0.15) is 30.4 Å². The van der Waals surface area contributed by atoms with Crippen LogP contribution in [-0.2, 0) is 9.59 Å². The Bertz CT molecular complexity index is 1300. The summed E-state index contributed by atoms with van der Waals surface area (Å²) in [5.74, 6) is -1.50. The fourth-order valence-corrected chi connectivity index (χ4v) is 4.32. The molecule has 14 nitrogen and oxygen atoms in total. The van der Waals surface area contributed by atoms with Crippen molar-refractivity contribution in [3.63, 3.8) is 0 Å². The molecule has 0 aromatic heterocycles. The summed E-state index contributed by atoms with van der Waals surface area (Å²) in [7, 11) is 0. The Balaban J connectivity index is 1.27. The Morgan fingerprint density at radius 1 is 1.18 bits per heavy atom. The Kier molecular flexibility index (Phi) is 9.29. The summed E-state index contributed by atoms with van der Waals surface area (Å²) in [6.07, 6.45) is -2.86. The lowest BCUT2D eigenvalue weighted by atomic mass is 10.0. The maximum Gasteiger partial charge on any atom is 0.322 e. The number of β-amino-alcohol motifs (C(OH)–C–C–N with tert-alkyl or cyclic N) is 1. The summed E-state index contributed by atoms with van der Waals surface area (Å²) < 4.78 is 0. The summed E-state index contributed by atoms with van der Waals surface area (Å²) in [6.45, 7) is 1.63. The van der Waals surface area contributed by atoms with Crippen LogP contribution in [0.3, 0.4) is 0 Å². The van der Waals surface area contributed by atoms with Crippen molar-refractivity contribution in [2.45, 2.75) is 37.4 Å². The van der Waals surface area contributed by atoms with E-state index in [1.165, 1.54) is 12.1 Å². The molecule has 5 unspecified atom stereocenters. The number of amides is 1. The topological polar surface area (TPSA) is 220 Å². The number of hydrogen-bond donors (Lipinski definition) is 10. The molecule has 2 aromatic rings. The Morgan fingerprint density at radius 3 is 2.65 bits per heavy atom. The van der Waals surface area contributed by atoms with Gasteiger partial charge in [0.2, 0.25) is 5.91 Å². The molecule has 0 spiro atoms. The van der Waals surface area contributed by atoms with E-state index < -0.39 is 42.4 Å². The number of phenols is 1. The predicted octanol–water partition coefficient (Wildman–Crippen LogP) is -0.928. The van der Waals surface area contributed by atoms with Gasteiger partial charge in [0.05, 0.1) is 30.6 Å². The number of nitrogens with one attached hydrogen (secondary N) is 5. The van der Waals surface area contributed by atoms with Crippen LogP contribution >= 0.6 is 0 Å². The third kappa shape index (κ3) is 7.31. The second-order valence-electron chi connectivity index (χ2n) is 9.53. The van der Waals surface area contributed by atoms with E-state index in [1.807, 2.05) is 0 Å². The van der Waals surface area contributed by atoms with Crippen LogP contribution in [0, 0.1) is 0 Å². The van der Waals surface area contributed by atoms with Gasteiger partial charge in [0.1, 0.15) is 24.1 Å². The van der Waals surface area contributed by atoms with Crippen LogP contribution in [-0.4, -0.2) is 93.4 Å². The SMILES string of the molecule is CC(NC(CNC(=O)CNC(O)c1cc(O)cc(NC2=NCC(O)CN2)c1)C(=O)O)C1=Nc2ccccc2C1O. The normalized spacial score (nSPS) is 20.3. The van der Waals surface area contributed by atoms with Gasteiger partial charge in [-0.25, -0.2) is 0 Å². The van der Waals surface area contributed by atoms with Crippen LogP contribution in [0.25, 0.3) is 0 Å². The smallest absolute Gasteiger partial charge is 0.322 e. The van der Waals surface area contributed by atoms with E-state index in [-0.39, 0.29) is 30.9 Å². The third-order valence-electron chi connectivity index (χ3n) is 6.40. The first-order chi connectivity index (χ1) is 19.1. The van der Waals surface area contributed by atoms with Crippen molar-refractivity contribution in [1.82, 2.24) is 21.3 Å². The molecule has 2 aromatic carbocycles. The molecule has 214 valence electrons. The number of carboxylic acid groups (broad SMARTS) is 1. The van der Waals surface area contributed by atoms with Crippen LogP contribution < -0.4 is 26.6 Å². The number of aliphatic hydroxyl groups excluding tert-OH is 3. The number of carbonyl (C=O) groups is 2. The van der Waals surface area contributed by atoms with Crippen molar-refractivity contribution in [2.75, 3.05) is 31.5 Å². The predicted molar refractivity (Wildman–Crippen MR) is 147 cm³/mol. The molecule has 0 saturated heterocycles. The summed E-state index contributed by atoms with van der Waals surface area (Å²) >= 11 is 0. The molecule has 0 aliphatic carbocycles. The van der Waals surface area contributed by atoms with Crippen LogP contribution in [0.2, 0.25) is 0 Å². The molecule has 0 radical (unpaired) electrons. The number of anilines is 1. The molecule has 4 rings (SSSR count). The summed E-state index contributed by atoms with van der Waals surface area (Å²) in [4.78, 5) is 32.8. The number of fused-ring (bicyclic) bond motifs is 1. The lowest BCUT2D eigenvalue weighted by molar-refractivity contribution is -0.139. The molecule has 40 heavy (non-hydrogen) atoms. The zero-order valence-corrected chi connectivity index (χ0v) is 21.7. The summed E-state index contributed by atoms with van der Waals surface area (Å²) in [6, 6.07) is 9.64. The molecule has 5 atom stereocenters. The minimum Gasteiger partial charge on any atom is -0.508 e. The lowest BCUT2D eigenvalue weighted by Gasteiger charge is -2.22. The van der Waals surface area contributed by atoms with Crippen molar-refractivity contribution in [2.24, 2.45) is 9.98 Å². The fraction of sp³-hybridized carbons (Fsp3) is 0.385. The first-order valence-corrected chi connectivity index (χ1v) is 12.7. The quantitative estimate of drug-likeness (QED) is 0.153. The second kappa shape index (κ2) is 12.8. The number of nitrogens with zero attached hydrogens (tertiary/aromatic N) is 2. The van der Waals surface area contributed by atoms with Gasteiger partial charge < -0.3 is 41.5 Å². The van der Waals surface area contributed by atoms with Crippen LogP contribution in [0.15, 0.2) is 52.4 Å². The highest BCUT2D eigenvalue weighted by Crippen LogP contribution is 2.34. The number of benzene rings is 2. The summed E-state index contributed by atoms with van der Waals surface area (Å²) in [5.41, 5.74) is 2.34. The fourth-order valence-electron chi connectivity index (χ4n) is 4.32. The first kappa shape index (κ1) is 28.9. The maximum atomic E-state index is 12.4. The van der Waals surface area contributed by atoms with Crippen molar-refractivity contribution in [1.29, 1.82) is 0 Å². The molecule has 0 fully saturated rings. The number of carbonyl (C=O) groups excluding carboxylic acids is 1. The molecule has 10 N–H and O–H groups in total. The zero-order chi connectivity index (χ0) is 28.8. The molecule has 0 bridgehead atoms. The Hall–Kier alpha value is -4.08. The number of aromatic hydroxyl groups is 1. The monoisotopic (exact) mass is 555 g/mol. The molecule has 2 aliphatic rings. The van der Waals surface area contributed by atoms with E-state index in [4.69, 9.17) is 0 Å². The third-order valence-corrected chi connectivity index (χ3v) is 6.40. The van der Waals surface area contributed by atoms with Crippen molar-refractivity contribution in [3.8, 4) is 5.75 Å². The molecule has 2 heterocycles. The van der Waals surface area contributed by atoms with E-state index in [2.05, 4.69) is 36.6 Å². The van der Waals surface area contributed by atoms with Gasteiger partial charge in [-0.15, -0.1) is 0 Å². The number of hydrogen-bond acceptors (Lipinski definition) is 12. The van der Waals surface area contributed by atoms with Crippen molar-refractivity contribution in [3.05, 3.63) is 53.6 Å². The Labute approximate surface area is 229 Å². The molecule has 2 aliphatic heterocycles. The van der Waals surface area contributed by atoms with E-state index in [0.717, 1.165) is 0 Å². The minimum absolute atomic E-state index is 0.133. The van der Waals surface area contributed by atoms with E-state index in [9.17, 15) is 35.1 Å².